The predicted molar refractivity (Wildman–Crippen MR) is 117 cm³/mol. The maximum atomic E-state index is 12.5. The lowest BCUT2D eigenvalue weighted by Crippen LogP contribution is -2.18. The lowest BCUT2D eigenvalue weighted by Gasteiger charge is -2.09. The number of halogens is 3. The van der Waals surface area contributed by atoms with E-state index in [0.717, 1.165) is 0 Å². The molecule has 9 heteroatoms. The van der Waals surface area contributed by atoms with Crippen LogP contribution in [0.2, 0.25) is 10.0 Å². The van der Waals surface area contributed by atoms with Crippen LogP contribution >= 0.6 is 39.1 Å². The summed E-state index contributed by atoms with van der Waals surface area (Å²) >= 11 is 15.1. The van der Waals surface area contributed by atoms with Gasteiger partial charge in [-0.15, -0.1) is 0 Å². The van der Waals surface area contributed by atoms with Crippen LogP contribution in [-0.4, -0.2) is 17.5 Å². The van der Waals surface area contributed by atoms with Gasteiger partial charge in [-0.1, -0.05) is 35.3 Å². The fraction of sp³-hybridized carbons (Fsp3) is 0.0500. The van der Waals surface area contributed by atoms with E-state index in [1.54, 1.807) is 49.4 Å². The number of carbonyl (C=O) groups is 2. The van der Waals surface area contributed by atoms with Gasteiger partial charge in [0.2, 0.25) is 0 Å². The third-order valence-electron chi connectivity index (χ3n) is 3.84. The molecule has 0 spiro atoms. The standard InChI is InChI=1S/C20H14BrCl2N3O3/c1-11(25-26-20(28)17-7-8-18(21)29-17)12-3-2-4-14(9-12)24-19(27)15-6-5-13(22)10-16(15)23/h2-10H,1H3,(H,24,27)(H,26,28)/b25-11+. The van der Waals surface area contributed by atoms with Crippen LogP contribution in [-0.2, 0) is 0 Å². The zero-order chi connectivity index (χ0) is 21.0. The summed E-state index contributed by atoms with van der Waals surface area (Å²) in [5.41, 5.74) is 4.55. The molecule has 0 unspecified atom stereocenters. The van der Waals surface area contributed by atoms with Crippen molar-refractivity contribution < 1.29 is 14.0 Å². The molecule has 1 aromatic heterocycles. The van der Waals surface area contributed by atoms with Gasteiger partial charge in [-0.25, -0.2) is 5.43 Å². The molecular formula is C20H14BrCl2N3O3. The molecule has 0 aliphatic heterocycles. The van der Waals surface area contributed by atoms with Crippen molar-refractivity contribution in [3.05, 3.63) is 86.2 Å². The Morgan fingerprint density at radius 2 is 1.83 bits per heavy atom. The summed E-state index contributed by atoms with van der Waals surface area (Å²) in [4.78, 5) is 24.5. The van der Waals surface area contributed by atoms with Crippen LogP contribution in [0.25, 0.3) is 0 Å². The van der Waals surface area contributed by atoms with Crippen LogP contribution in [0, 0.1) is 0 Å². The molecule has 0 radical (unpaired) electrons. The van der Waals surface area contributed by atoms with Crippen molar-refractivity contribution in [3.63, 3.8) is 0 Å². The van der Waals surface area contributed by atoms with Crippen LogP contribution in [0.1, 0.15) is 33.4 Å². The first-order chi connectivity index (χ1) is 13.8. The molecule has 1 heterocycles. The molecule has 2 amide bonds. The zero-order valence-corrected chi connectivity index (χ0v) is 18.1. The Morgan fingerprint density at radius 3 is 2.52 bits per heavy atom. The Balaban J connectivity index is 1.71. The molecule has 0 atom stereocenters. The molecule has 2 N–H and O–H groups in total. The molecular weight excluding hydrogens is 481 g/mol. The summed E-state index contributed by atoms with van der Waals surface area (Å²) in [6.45, 7) is 1.73. The fourth-order valence-electron chi connectivity index (χ4n) is 2.38. The SMILES string of the molecule is C/C(=N\NC(=O)c1ccc(Br)o1)c1cccc(NC(=O)c2ccc(Cl)cc2Cl)c1. The summed E-state index contributed by atoms with van der Waals surface area (Å²) in [6.07, 6.45) is 0. The topological polar surface area (TPSA) is 83.7 Å². The van der Waals surface area contributed by atoms with Gasteiger partial charge in [0.05, 0.1) is 16.3 Å². The number of hydrogen-bond donors (Lipinski definition) is 2. The second-order valence-electron chi connectivity index (χ2n) is 5.90. The number of furan rings is 1. The maximum Gasteiger partial charge on any atom is 0.307 e. The van der Waals surface area contributed by atoms with Gasteiger partial charge in [0.15, 0.2) is 10.4 Å². The van der Waals surface area contributed by atoms with E-state index in [0.29, 0.717) is 32.2 Å². The van der Waals surface area contributed by atoms with E-state index in [9.17, 15) is 9.59 Å². The van der Waals surface area contributed by atoms with Gasteiger partial charge in [0, 0.05) is 10.7 Å². The van der Waals surface area contributed by atoms with Gasteiger partial charge in [-0.2, -0.15) is 5.10 Å². The average molecular weight is 495 g/mol. The highest BCUT2D eigenvalue weighted by Crippen LogP contribution is 2.22. The van der Waals surface area contributed by atoms with Crippen LogP contribution in [0.3, 0.4) is 0 Å². The molecule has 0 saturated carbocycles. The minimum Gasteiger partial charge on any atom is -0.444 e. The van der Waals surface area contributed by atoms with Crippen molar-refractivity contribution in [2.24, 2.45) is 5.10 Å². The summed E-state index contributed by atoms with van der Waals surface area (Å²) in [5.74, 6) is -0.707. The van der Waals surface area contributed by atoms with E-state index in [1.807, 2.05) is 0 Å². The number of anilines is 1. The Labute approximate surface area is 185 Å². The molecule has 2 aromatic carbocycles. The minimum absolute atomic E-state index is 0.134. The Hall–Kier alpha value is -2.61. The van der Waals surface area contributed by atoms with Crippen molar-refractivity contribution in [3.8, 4) is 0 Å². The first-order valence-corrected chi connectivity index (χ1v) is 9.85. The first-order valence-electron chi connectivity index (χ1n) is 8.30. The molecule has 0 fully saturated rings. The largest absolute Gasteiger partial charge is 0.444 e. The van der Waals surface area contributed by atoms with Crippen LogP contribution in [0.15, 0.2) is 68.8 Å². The van der Waals surface area contributed by atoms with Gasteiger partial charge in [0.25, 0.3) is 5.91 Å². The number of carbonyl (C=O) groups excluding carboxylic acids is 2. The number of rotatable bonds is 5. The first kappa shape index (κ1) is 21.1. The minimum atomic E-state index is -0.475. The highest BCUT2D eigenvalue weighted by molar-refractivity contribution is 9.10. The van der Waals surface area contributed by atoms with E-state index in [4.69, 9.17) is 27.6 Å². The van der Waals surface area contributed by atoms with Crippen LogP contribution < -0.4 is 10.7 Å². The van der Waals surface area contributed by atoms with Crippen LogP contribution in [0.5, 0.6) is 0 Å². The third-order valence-corrected chi connectivity index (χ3v) is 4.81. The number of benzene rings is 2. The van der Waals surface area contributed by atoms with Gasteiger partial charge in [-0.3, -0.25) is 9.59 Å². The maximum absolute atomic E-state index is 12.5. The normalized spacial score (nSPS) is 11.2. The van der Waals surface area contributed by atoms with Crippen LogP contribution in [0.4, 0.5) is 5.69 Å². The average Bonchev–Trinajstić information content (AvgIpc) is 3.12. The Kier molecular flexibility index (Phi) is 6.74. The van der Waals surface area contributed by atoms with Crippen molar-refractivity contribution in [2.75, 3.05) is 5.32 Å². The monoisotopic (exact) mass is 493 g/mol. The molecule has 0 aliphatic rings. The number of hydrogen-bond acceptors (Lipinski definition) is 4. The fourth-order valence-corrected chi connectivity index (χ4v) is 3.19. The van der Waals surface area contributed by atoms with E-state index >= 15 is 0 Å². The van der Waals surface area contributed by atoms with Gasteiger partial charge in [-0.05, 0) is 70.9 Å². The predicted octanol–water partition coefficient (Wildman–Crippen LogP) is 5.76. The molecule has 148 valence electrons. The van der Waals surface area contributed by atoms with Gasteiger partial charge >= 0.3 is 5.91 Å². The second kappa shape index (κ2) is 9.26. The summed E-state index contributed by atoms with van der Waals surface area (Å²) in [7, 11) is 0. The van der Waals surface area contributed by atoms with Gasteiger partial charge < -0.3 is 9.73 Å². The van der Waals surface area contributed by atoms with E-state index < -0.39 is 5.91 Å². The number of nitrogens with one attached hydrogen (secondary N) is 2. The molecule has 6 nitrogen and oxygen atoms in total. The highest BCUT2D eigenvalue weighted by atomic mass is 79.9. The zero-order valence-electron chi connectivity index (χ0n) is 15.0. The third kappa shape index (κ3) is 5.47. The lowest BCUT2D eigenvalue weighted by molar-refractivity contribution is 0.0925. The van der Waals surface area contributed by atoms with E-state index in [2.05, 4.69) is 31.8 Å². The molecule has 3 aromatic rings. The summed E-state index contributed by atoms with van der Waals surface area (Å²) in [6, 6.07) is 14.8. The summed E-state index contributed by atoms with van der Waals surface area (Å²) < 4.78 is 5.63. The van der Waals surface area contributed by atoms with Crippen molar-refractivity contribution in [1.82, 2.24) is 5.43 Å². The Morgan fingerprint density at radius 1 is 1.03 bits per heavy atom. The van der Waals surface area contributed by atoms with E-state index in [-0.39, 0.29) is 16.7 Å². The number of nitrogens with zero attached hydrogens (tertiary/aromatic N) is 1. The number of amides is 2. The smallest absolute Gasteiger partial charge is 0.307 e. The highest BCUT2D eigenvalue weighted by Gasteiger charge is 2.12. The van der Waals surface area contributed by atoms with Crippen molar-refractivity contribution in [2.45, 2.75) is 6.92 Å². The molecule has 0 bridgehead atoms. The second-order valence-corrected chi connectivity index (χ2v) is 7.53. The summed E-state index contributed by atoms with van der Waals surface area (Å²) in [5, 5.41) is 7.56. The lowest BCUT2D eigenvalue weighted by atomic mass is 10.1. The number of hydrazone groups is 1. The van der Waals surface area contributed by atoms with Gasteiger partial charge in [0.1, 0.15) is 0 Å². The molecule has 29 heavy (non-hydrogen) atoms. The van der Waals surface area contributed by atoms with Crippen molar-refractivity contribution in [1.29, 1.82) is 0 Å². The van der Waals surface area contributed by atoms with Crippen molar-refractivity contribution >= 4 is 62.3 Å². The Bertz CT molecular complexity index is 1110. The van der Waals surface area contributed by atoms with E-state index in [1.165, 1.54) is 12.1 Å². The molecule has 0 saturated heterocycles. The molecule has 0 aliphatic carbocycles. The quantitative estimate of drug-likeness (QED) is 0.349. The molecule has 3 rings (SSSR count).